The third-order valence-electron chi connectivity index (χ3n) is 3.21. The number of benzene rings is 1. The summed E-state index contributed by atoms with van der Waals surface area (Å²) >= 11 is 1.47. The normalized spacial score (nSPS) is 11.7. The Hall–Kier alpha value is -1.85. The highest BCUT2D eigenvalue weighted by Gasteiger charge is 2.19. The van der Waals surface area contributed by atoms with E-state index >= 15 is 0 Å². The summed E-state index contributed by atoms with van der Waals surface area (Å²) in [6, 6.07) is 14.2. The van der Waals surface area contributed by atoms with Gasteiger partial charge in [0.25, 0.3) is 0 Å². The first kappa shape index (κ1) is 14.1. The van der Waals surface area contributed by atoms with Crippen molar-refractivity contribution in [2.24, 2.45) is 0 Å². The minimum absolute atomic E-state index is 0.0220. The Morgan fingerprint density at radius 1 is 1.10 bits per heavy atom. The van der Waals surface area contributed by atoms with Gasteiger partial charge in [-0.2, -0.15) is 0 Å². The molecule has 0 N–H and O–H groups in total. The predicted octanol–water partition coefficient (Wildman–Crippen LogP) is 4.29. The van der Waals surface area contributed by atoms with E-state index in [-0.39, 0.29) is 5.75 Å². The van der Waals surface area contributed by atoms with Gasteiger partial charge < -0.3 is 4.42 Å². The first-order chi connectivity index (χ1) is 10.1. The molecule has 0 saturated carbocycles. The van der Waals surface area contributed by atoms with E-state index in [1.54, 1.807) is 30.5 Å². The van der Waals surface area contributed by atoms with E-state index in [2.05, 4.69) is 0 Å². The van der Waals surface area contributed by atoms with Crippen molar-refractivity contribution in [3.05, 3.63) is 65.2 Å². The molecule has 0 unspecified atom stereocenters. The van der Waals surface area contributed by atoms with Crippen LogP contribution in [0.25, 0.3) is 10.6 Å². The minimum Gasteiger partial charge on any atom is -0.464 e. The van der Waals surface area contributed by atoms with Crippen molar-refractivity contribution in [1.29, 1.82) is 0 Å². The van der Waals surface area contributed by atoms with E-state index in [1.807, 2.05) is 31.2 Å². The molecule has 3 aromatic rings. The predicted molar refractivity (Wildman–Crippen MR) is 84.1 cm³/mol. The summed E-state index contributed by atoms with van der Waals surface area (Å²) in [5, 5.41) is 0. The van der Waals surface area contributed by atoms with Crippen LogP contribution < -0.4 is 0 Å². The molecule has 0 amide bonds. The van der Waals surface area contributed by atoms with E-state index in [4.69, 9.17) is 4.42 Å². The molecular weight excluding hydrogens is 304 g/mol. The lowest BCUT2D eigenvalue weighted by Gasteiger charge is -2.03. The van der Waals surface area contributed by atoms with Crippen molar-refractivity contribution in [2.45, 2.75) is 17.6 Å². The van der Waals surface area contributed by atoms with Crippen LogP contribution in [0.5, 0.6) is 0 Å². The van der Waals surface area contributed by atoms with E-state index in [0.717, 1.165) is 21.1 Å². The van der Waals surface area contributed by atoms with Crippen LogP contribution in [-0.2, 0) is 15.6 Å². The Kier molecular flexibility index (Phi) is 3.69. The van der Waals surface area contributed by atoms with Crippen molar-refractivity contribution < 1.29 is 12.8 Å². The molecule has 3 rings (SSSR count). The first-order valence-electron chi connectivity index (χ1n) is 6.47. The van der Waals surface area contributed by atoms with Gasteiger partial charge in [0.05, 0.1) is 21.8 Å². The molecule has 0 atom stereocenters. The fourth-order valence-electron chi connectivity index (χ4n) is 2.09. The van der Waals surface area contributed by atoms with Gasteiger partial charge in [0.15, 0.2) is 9.84 Å². The summed E-state index contributed by atoms with van der Waals surface area (Å²) in [5.74, 6) is 0.792. The summed E-state index contributed by atoms with van der Waals surface area (Å²) in [5.41, 5.74) is 0.978. The second-order valence-electron chi connectivity index (χ2n) is 4.77. The van der Waals surface area contributed by atoms with Gasteiger partial charge in [0.1, 0.15) is 5.76 Å². The quantitative estimate of drug-likeness (QED) is 0.721. The number of sulfone groups is 1. The zero-order valence-electron chi connectivity index (χ0n) is 11.4. The zero-order valence-corrected chi connectivity index (χ0v) is 13.1. The third-order valence-corrected chi connectivity index (χ3v) is 6.30. The lowest BCUT2D eigenvalue weighted by molar-refractivity contribution is 0.583. The number of hydrogen-bond donors (Lipinski definition) is 0. The maximum absolute atomic E-state index is 12.4. The smallest absolute Gasteiger partial charge is 0.183 e. The highest BCUT2D eigenvalue weighted by molar-refractivity contribution is 7.90. The molecule has 108 valence electrons. The molecule has 0 saturated heterocycles. The second kappa shape index (κ2) is 5.50. The summed E-state index contributed by atoms with van der Waals surface area (Å²) in [6.45, 7) is 1.93. The largest absolute Gasteiger partial charge is 0.464 e. The third kappa shape index (κ3) is 2.94. The molecule has 2 heterocycles. The lowest BCUT2D eigenvalue weighted by atomic mass is 10.2. The average molecular weight is 318 g/mol. The monoisotopic (exact) mass is 318 g/mol. The molecule has 0 spiro atoms. The fourth-order valence-corrected chi connectivity index (χ4v) is 5.04. The Morgan fingerprint density at radius 2 is 1.86 bits per heavy atom. The minimum atomic E-state index is -3.31. The molecule has 3 nitrogen and oxygen atoms in total. The van der Waals surface area contributed by atoms with Gasteiger partial charge in [0, 0.05) is 4.88 Å². The average Bonchev–Trinajstić information content (AvgIpc) is 3.10. The van der Waals surface area contributed by atoms with Gasteiger partial charge >= 0.3 is 0 Å². The molecule has 0 aliphatic rings. The molecule has 0 fully saturated rings. The summed E-state index contributed by atoms with van der Waals surface area (Å²) in [4.78, 5) is 2.17. The lowest BCUT2D eigenvalue weighted by Crippen LogP contribution is -2.04. The van der Waals surface area contributed by atoms with Crippen molar-refractivity contribution in [1.82, 2.24) is 0 Å². The topological polar surface area (TPSA) is 47.3 Å². The molecular formula is C16H14O3S2. The number of hydrogen-bond acceptors (Lipinski definition) is 4. The van der Waals surface area contributed by atoms with Crippen molar-refractivity contribution in [3.8, 4) is 10.6 Å². The van der Waals surface area contributed by atoms with Crippen LogP contribution in [0.3, 0.4) is 0 Å². The molecule has 0 aliphatic carbocycles. The van der Waals surface area contributed by atoms with Crippen LogP contribution in [0.4, 0.5) is 0 Å². The maximum Gasteiger partial charge on any atom is 0.183 e. The number of thiophene rings is 1. The van der Waals surface area contributed by atoms with Gasteiger partial charge in [-0.05, 0) is 42.8 Å². The van der Waals surface area contributed by atoms with Crippen LogP contribution in [0.15, 0.2) is 64.1 Å². The van der Waals surface area contributed by atoms with Crippen molar-refractivity contribution >= 4 is 21.2 Å². The highest BCUT2D eigenvalue weighted by Crippen LogP contribution is 2.33. The molecule has 0 bridgehead atoms. The second-order valence-corrected chi connectivity index (χ2v) is 7.89. The van der Waals surface area contributed by atoms with Crippen molar-refractivity contribution in [2.75, 3.05) is 0 Å². The van der Waals surface area contributed by atoms with Crippen molar-refractivity contribution in [3.63, 3.8) is 0 Å². The Labute approximate surface area is 127 Å². The SMILES string of the molecule is Cc1cc(-c2ccco2)sc1CS(=O)(=O)c1ccccc1. The molecule has 2 aromatic heterocycles. The Morgan fingerprint density at radius 3 is 2.52 bits per heavy atom. The number of aryl methyl sites for hydroxylation is 1. The van der Waals surface area contributed by atoms with Crippen LogP contribution in [0.1, 0.15) is 10.4 Å². The molecule has 0 radical (unpaired) electrons. The molecule has 5 heteroatoms. The summed E-state index contributed by atoms with van der Waals surface area (Å²) in [7, 11) is -3.31. The van der Waals surface area contributed by atoms with Crippen LogP contribution in [0.2, 0.25) is 0 Å². The van der Waals surface area contributed by atoms with E-state index in [9.17, 15) is 8.42 Å². The van der Waals surface area contributed by atoms with Crippen LogP contribution in [0, 0.1) is 6.92 Å². The number of furan rings is 1. The van der Waals surface area contributed by atoms with Crippen LogP contribution >= 0.6 is 11.3 Å². The van der Waals surface area contributed by atoms with Gasteiger partial charge in [-0.25, -0.2) is 8.42 Å². The van der Waals surface area contributed by atoms with E-state index < -0.39 is 9.84 Å². The number of rotatable bonds is 4. The Balaban J connectivity index is 1.92. The van der Waals surface area contributed by atoms with Gasteiger partial charge in [0.2, 0.25) is 0 Å². The first-order valence-corrected chi connectivity index (χ1v) is 8.94. The summed E-state index contributed by atoms with van der Waals surface area (Å²) in [6.07, 6.45) is 1.62. The fraction of sp³-hybridized carbons (Fsp3) is 0.125. The van der Waals surface area contributed by atoms with E-state index in [1.165, 1.54) is 11.3 Å². The van der Waals surface area contributed by atoms with Gasteiger partial charge in [-0.1, -0.05) is 18.2 Å². The summed E-state index contributed by atoms with van der Waals surface area (Å²) < 4.78 is 30.2. The van der Waals surface area contributed by atoms with E-state index in [0.29, 0.717) is 4.90 Å². The van der Waals surface area contributed by atoms with Gasteiger partial charge in [-0.15, -0.1) is 11.3 Å². The molecule has 1 aromatic carbocycles. The molecule has 0 aliphatic heterocycles. The van der Waals surface area contributed by atoms with Crippen LogP contribution in [-0.4, -0.2) is 8.42 Å². The molecule has 21 heavy (non-hydrogen) atoms. The Bertz CT molecular complexity index is 829. The zero-order chi connectivity index (χ0) is 14.9. The van der Waals surface area contributed by atoms with Gasteiger partial charge in [-0.3, -0.25) is 0 Å². The maximum atomic E-state index is 12.4. The highest BCUT2D eigenvalue weighted by atomic mass is 32.2. The standard InChI is InChI=1S/C16H14O3S2/c1-12-10-15(14-8-5-9-19-14)20-16(12)11-21(17,18)13-6-3-2-4-7-13/h2-10H,11H2,1H3.